The van der Waals surface area contributed by atoms with E-state index < -0.39 is 11.1 Å². The van der Waals surface area contributed by atoms with Crippen LogP contribution in [-0.4, -0.2) is 48.0 Å². The van der Waals surface area contributed by atoms with E-state index >= 15 is 0 Å². The third kappa shape index (κ3) is 8.03. The number of hydrogen-bond acceptors (Lipinski definition) is 6. The number of nitrogens with one attached hydrogen (secondary N) is 2. The maximum Gasteiger partial charge on any atom is 0.332 e. The third-order valence-corrected chi connectivity index (χ3v) is 6.62. The van der Waals surface area contributed by atoms with Crippen molar-refractivity contribution in [1.29, 1.82) is 0 Å². The molecule has 2 saturated heterocycles. The number of benzene rings is 2. The summed E-state index contributed by atoms with van der Waals surface area (Å²) >= 11 is 0. The highest BCUT2D eigenvalue weighted by molar-refractivity contribution is 5.89. The van der Waals surface area contributed by atoms with Gasteiger partial charge in [-0.3, -0.25) is 9.59 Å². The number of ether oxygens (including phenoxy) is 2. The van der Waals surface area contributed by atoms with E-state index in [2.05, 4.69) is 22.8 Å². The lowest BCUT2D eigenvalue weighted by atomic mass is 9.90. The summed E-state index contributed by atoms with van der Waals surface area (Å²) in [6, 6.07) is 19.9. The molecule has 2 atom stereocenters. The highest BCUT2D eigenvalue weighted by Crippen LogP contribution is 2.27. The molecule has 8 nitrogen and oxygen atoms in total. The van der Waals surface area contributed by atoms with Crippen molar-refractivity contribution < 1.29 is 28.7 Å². The van der Waals surface area contributed by atoms with Crippen molar-refractivity contribution in [3.8, 4) is 0 Å². The minimum absolute atomic E-state index is 0.182. The smallest absolute Gasteiger partial charge is 0.332 e. The lowest BCUT2D eigenvalue weighted by Gasteiger charge is -2.25. The zero-order valence-electron chi connectivity index (χ0n) is 22.0. The minimum Gasteiger partial charge on any atom is -0.464 e. The van der Waals surface area contributed by atoms with Crippen LogP contribution in [0.25, 0.3) is 6.08 Å². The fourth-order valence-corrected chi connectivity index (χ4v) is 4.74. The normalized spacial score (nSPS) is 22.3. The number of carbonyl (C=O) groups excluding carboxylic acids is 4. The van der Waals surface area contributed by atoms with E-state index in [4.69, 9.17) is 9.47 Å². The van der Waals surface area contributed by atoms with Gasteiger partial charge in [-0.05, 0) is 36.8 Å². The number of carbonyl (C=O) groups is 4. The van der Waals surface area contributed by atoms with Crippen LogP contribution in [-0.2, 0) is 35.1 Å². The molecule has 2 aromatic carbocycles. The molecule has 0 bridgehead atoms. The van der Waals surface area contributed by atoms with E-state index in [0.717, 1.165) is 18.4 Å². The second kappa shape index (κ2) is 13.6. The Balaban J connectivity index is 0.000000211. The molecule has 2 unspecified atom stereocenters. The highest BCUT2D eigenvalue weighted by Gasteiger charge is 2.45. The maximum atomic E-state index is 11.8. The van der Waals surface area contributed by atoms with E-state index in [-0.39, 0.29) is 23.8 Å². The molecule has 2 fully saturated rings. The fraction of sp³-hybridized carbons (Fsp3) is 0.400. The van der Waals surface area contributed by atoms with Crippen molar-refractivity contribution in [3.63, 3.8) is 0 Å². The van der Waals surface area contributed by atoms with Crippen molar-refractivity contribution in [2.75, 3.05) is 13.2 Å². The first-order chi connectivity index (χ1) is 18.2. The number of rotatable bonds is 9. The zero-order valence-corrected chi connectivity index (χ0v) is 22.0. The Morgan fingerprint density at radius 1 is 0.816 bits per heavy atom. The number of cyclic esters (lactones) is 2. The van der Waals surface area contributed by atoms with Crippen molar-refractivity contribution in [1.82, 2.24) is 10.6 Å². The molecule has 0 radical (unpaired) electrons. The highest BCUT2D eigenvalue weighted by atomic mass is 16.5. The molecule has 2 N–H and O–H groups in total. The van der Waals surface area contributed by atoms with Crippen LogP contribution in [0.1, 0.15) is 57.1 Å². The molecule has 8 heteroatoms. The van der Waals surface area contributed by atoms with Crippen molar-refractivity contribution in [2.45, 2.75) is 63.5 Å². The van der Waals surface area contributed by atoms with Crippen molar-refractivity contribution in [2.24, 2.45) is 0 Å². The first-order valence-corrected chi connectivity index (χ1v) is 12.9. The number of esters is 2. The van der Waals surface area contributed by atoms with Gasteiger partial charge in [0.05, 0.1) is 13.2 Å². The SMILES string of the molecule is CC(=O)NC1(CC=Cc2ccccc2)CCOC1=O.CC(=O)NC1(CCCc2ccccc2)CCOC1=O. The molecule has 2 aliphatic rings. The lowest BCUT2D eigenvalue weighted by molar-refractivity contribution is -0.146. The molecule has 0 aromatic heterocycles. The first-order valence-electron chi connectivity index (χ1n) is 12.9. The molecular weight excluding hydrogens is 484 g/mol. The standard InChI is InChI=1S/C15H19NO3.C15H17NO3/c2*1-12(17)16-15(10-11-19-14(15)18)9-5-8-13-6-3-2-4-7-13/h2-4,6-7H,5,8-11H2,1H3,(H,16,17);2-8H,9-11H2,1H3,(H,16,17). The van der Waals surface area contributed by atoms with Gasteiger partial charge in [0.25, 0.3) is 0 Å². The number of hydrogen-bond donors (Lipinski definition) is 2. The van der Waals surface area contributed by atoms with Crippen molar-refractivity contribution >= 4 is 29.8 Å². The third-order valence-electron chi connectivity index (χ3n) is 6.62. The lowest BCUT2D eigenvalue weighted by Crippen LogP contribution is -2.51. The molecular formula is C30H36N2O6. The summed E-state index contributed by atoms with van der Waals surface area (Å²) in [6.07, 6.45) is 7.74. The van der Waals surface area contributed by atoms with Gasteiger partial charge in [0, 0.05) is 26.7 Å². The Hall–Kier alpha value is -3.94. The summed E-state index contributed by atoms with van der Waals surface area (Å²) in [6.45, 7) is 3.60. The molecule has 2 aliphatic heterocycles. The van der Waals surface area contributed by atoms with Crippen molar-refractivity contribution in [3.05, 3.63) is 77.9 Å². The number of aryl methyl sites for hydroxylation is 1. The summed E-state index contributed by atoms with van der Waals surface area (Å²) in [5, 5.41) is 5.50. The van der Waals surface area contributed by atoms with Crippen LogP contribution in [0.5, 0.6) is 0 Å². The van der Waals surface area contributed by atoms with Gasteiger partial charge in [0.15, 0.2) is 0 Å². The van der Waals surface area contributed by atoms with E-state index in [0.29, 0.717) is 38.9 Å². The summed E-state index contributed by atoms with van der Waals surface area (Å²) in [7, 11) is 0. The Kier molecular flexibility index (Phi) is 10.2. The van der Waals surface area contributed by atoms with Gasteiger partial charge < -0.3 is 20.1 Å². The van der Waals surface area contributed by atoms with Gasteiger partial charge >= 0.3 is 11.9 Å². The van der Waals surface area contributed by atoms with Gasteiger partial charge in [-0.1, -0.05) is 72.8 Å². The molecule has 0 spiro atoms. The topological polar surface area (TPSA) is 111 Å². The van der Waals surface area contributed by atoms with Gasteiger partial charge in [0.2, 0.25) is 11.8 Å². The Bertz CT molecular complexity index is 1130. The summed E-state index contributed by atoms with van der Waals surface area (Å²) in [5.74, 6) is -1.04. The Labute approximate surface area is 223 Å². The molecule has 2 amide bonds. The van der Waals surface area contributed by atoms with E-state index in [1.54, 1.807) is 0 Å². The van der Waals surface area contributed by atoms with Crippen LogP contribution in [0.4, 0.5) is 0 Å². The van der Waals surface area contributed by atoms with Crippen LogP contribution in [0, 0.1) is 0 Å². The Morgan fingerprint density at radius 2 is 1.34 bits per heavy atom. The molecule has 0 aliphatic carbocycles. The quantitative estimate of drug-likeness (QED) is 0.488. The van der Waals surface area contributed by atoms with Crippen LogP contribution in [0.15, 0.2) is 66.7 Å². The second-order valence-corrected chi connectivity index (χ2v) is 9.65. The largest absolute Gasteiger partial charge is 0.464 e. The van der Waals surface area contributed by atoms with E-state index in [1.165, 1.54) is 19.4 Å². The maximum absolute atomic E-state index is 11.8. The van der Waals surface area contributed by atoms with Crippen LogP contribution >= 0.6 is 0 Å². The molecule has 0 saturated carbocycles. The first kappa shape index (κ1) is 28.6. The average Bonchev–Trinajstić information content (AvgIpc) is 3.42. The number of amides is 2. The molecule has 2 aromatic rings. The summed E-state index contributed by atoms with van der Waals surface area (Å²) in [5.41, 5.74) is 0.608. The molecule has 2 heterocycles. The summed E-state index contributed by atoms with van der Waals surface area (Å²) < 4.78 is 10.0. The molecule has 38 heavy (non-hydrogen) atoms. The predicted molar refractivity (Wildman–Crippen MR) is 144 cm³/mol. The predicted octanol–water partition coefficient (Wildman–Crippen LogP) is 3.74. The van der Waals surface area contributed by atoms with E-state index in [1.807, 2.05) is 60.7 Å². The van der Waals surface area contributed by atoms with E-state index in [9.17, 15) is 19.2 Å². The monoisotopic (exact) mass is 520 g/mol. The van der Waals surface area contributed by atoms with Gasteiger partial charge in [0.1, 0.15) is 11.1 Å². The van der Waals surface area contributed by atoms with Gasteiger partial charge in [-0.2, -0.15) is 0 Å². The molecule has 202 valence electrons. The molecule has 4 rings (SSSR count). The fourth-order valence-electron chi connectivity index (χ4n) is 4.74. The zero-order chi connectivity index (χ0) is 27.4. The van der Waals surface area contributed by atoms with Crippen LogP contribution < -0.4 is 10.6 Å². The Morgan fingerprint density at radius 3 is 1.87 bits per heavy atom. The minimum atomic E-state index is -0.892. The van der Waals surface area contributed by atoms with Crippen LogP contribution in [0.2, 0.25) is 0 Å². The van der Waals surface area contributed by atoms with Crippen LogP contribution in [0.3, 0.4) is 0 Å². The van der Waals surface area contributed by atoms with Gasteiger partial charge in [-0.15, -0.1) is 0 Å². The average molecular weight is 521 g/mol. The van der Waals surface area contributed by atoms with Gasteiger partial charge in [-0.25, -0.2) is 9.59 Å². The summed E-state index contributed by atoms with van der Waals surface area (Å²) in [4.78, 5) is 46.1. The second-order valence-electron chi connectivity index (χ2n) is 9.65.